The number of thioether (sulfide) groups is 2. The lowest BCUT2D eigenvalue weighted by atomic mass is 10.1. The van der Waals surface area contributed by atoms with Crippen molar-refractivity contribution in [3.8, 4) is 11.3 Å². The van der Waals surface area contributed by atoms with Crippen molar-refractivity contribution in [2.75, 3.05) is 11.5 Å². The van der Waals surface area contributed by atoms with Crippen LogP contribution in [0.5, 0.6) is 0 Å². The van der Waals surface area contributed by atoms with E-state index >= 15 is 0 Å². The third kappa shape index (κ3) is 3.36. The van der Waals surface area contributed by atoms with Crippen LogP contribution in [0.15, 0.2) is 28.7 Å². The molecule has 0 aliphatic carbocycles. The van der Waals surface area contributed by atoms with E-state index in [1.165, 1.54) is 33.4 Å². The Labute approximate surface area is 147 Å². The highest BCUT2D eigenvalue weighted by atomic mass is 79.9. The second kappa shape index (κ2) is 7.07. The Kier molecular flexibility index (Phi) is 5.36. The third-order valence-electron chi connectivity index (χ3n) is 3.64. The molecule has 0 saturated carbocycles. The summed E-state index contributed by atoms with van der Waals surface area (Å²) in [6.07, 6.45) is 1.23. The Balaban J connectivity index is 1.96. The Morgan fingerprint density at radius 2 is 2.00 bits per heavy atom. The summed E-state index contributed by atoms with van der Waals surface area (Å²) in [7, 11) is 0. The van der Waals surface area contributed by atoms with E-state index in [1.54, 1.807) is 0 Å². The molecule has 0 N–H and O–H groups in total. The fourth-order valence-corrected chi connectivity index (χ4v) is 7.40. The van der Waals surface area contributed by atoms with Gasteiger partial charge in [0.2, 0.25) is 0 Å². The van der Waals surface area contributed by atoms with Gasteiger partial charge in [-0.25, -0.2) is 4.98 Å². The number of thiazole rings is 1. The molecule has 2 aromatic rings. The van der Waals surface area contributed by atoms with Gasteiger partial charge in [-0.2, -0.15) is 11.8 Å². The van der Waals surface area contributed by atoms with Gasteiger partial charge in [0.1, 0.15) is 5.01 Å². The minimum atomic E-state index is 0.564. The lowest BCUT2D eigenvalue weighted by Gasteiger charge is -2.28. The first-order valence-corrected chi connectivity index (χ1v) is 10.9. The predicted molar refractivity (Wildman–Crippen MR) is 102 cm³/mol. The molecule has 2 heterocycles. The number of aromatic nitrogens is 1. The van der Waals surface area contributed by atoms with Gasteiger partial charge in [-0.1, -0.05) is 41.1 Å². The number of hydrogen-bond donors (Lipinski definition) is 0. The van der Waals surface area contributed by atoms with Crippen LogP contribution >= 0.6 is 50.8 Å². The normalized spacial score (nSPS) is 22.4. The monoisotopic (exact) mass is 399 g/mol. The molecule has 1 nitrogen and oxygen atoms in total. The van der Waals surface area contributed by atoms with Crippen molar-refractivity contribution in [2.45, 2.75) is 30.8 Å². The van der Waals surface area contributed by atoms with E-state index in [0.717, 1.165) is 10.2 Å². The summed E-state index contributed by atoms with van der Waals surface area (Å²) < 4.78 is 1.13. The predicted octanol–water partition coefficient (Wildman–Crippen LogP) is 6.18. The van der Waals surface area contributed by atoms with Crippen LogP contribution in [0.25, 0.3) is 11.3 Å². The molecule has 2 atom stereocenters. The van der Waals surface area contributed by atoms with Gasteiger partial charge in [-0.3, -0.25) is 0 Å². The SMILES string of the molecule is CCC1SCCSC1c1nc(-c2ccccc2Br)c(C)s1. The summed E-state index contributed by atoms with van der Waals surface area (Å²) in [5.74, 6) is 2.52. The lowest BCUT2D eigenvalue weighted by molar-refractivity contribution is 0.789. The van der Waals surface area contributed by atoms with Gasteiger partial charge in [0, 0.05) is 31.7 Å². The van der Waals surface area contributed by atoms with E-state index < -0.39 is 0 Å². The van der Waals surface area contributed by atoms with Crippen molar-refractivity contribution in [1.29, 1.82) is 0 Å². The van der Waals surface area contributed by atoms with Crippen LogP contribution in [0.3, 0.4) is 0 Å². The molecule has 1 fully saturated rings. The Bertz CT molecular complexity index is 626. The average molecular weight is 400 g/mol. The zero-order valence-corrected chi connectivity index (χ0v) is 16.2. The Hall–Kier alpha value is 0.0300. The Morgan fingerprint density at radius 1 is 1.24 bits per heavy atom. The summed E-state index contributed by atoms with van der Waals surface area (Å²) in [6.45, 7) is 4.49. The van der Waals surface area contributed by atoms with E-state index in [4.69, 9.17) is 4.98 Å². The van der Waals surface area contributed by atoms with Gasteiger partial charge in [-0.05, 0) is 19.4 Å². The number of benzene rings is 1. The fraction of sp³-hybridized carbons (Fsp3) is 0.438. The maximum absolute atomic E-state index is 5.02. The smallest absolute Gasteiger partial charge is 0.108 e. The van der Waals surface area contributed by atoms with Gasteiger partial charge >= 0.3 is 0 Å². The second-order valence-electron chi connectivity index (χ2n) is 5.05. The van der Waals surface area contributed by atoms with Crippen LogP contribution in [-0.4, -0.2) is 21.7 Å². The van der Waals surface area contributed by atoms with Crippen molar-refractivity contribution >= 4 is 50.8 Å². The van der Waals surface area contributed by atoms with E-state index in [2.05, 4.69) is 77.6 Å². The largest absolute Gasteiger partial charge is 0.240 e. The molecule has 1 aromatic heterocycles. The third-order valence-corrected chi connectivity index (χ3v) is 8.79. The highest BCUT2D eigenvalue weighted by Gasteiger charge is 2.29. The van der Waals surface area contributed by atoms with E-state index in [1.807, 2.05) is 11.3 Å². The standard InChI is InChI=1S/C16H18BrNS3/c1-3-13-15(20-9-8-19-13)16-18-14(10(2)21-16)11-6-4-5-7-12(11)17/h4-7,13,15H,3,8-9H2,1-2H3. The molecule has 1 saturated heterocycles. The van der Waals surface area contributed by atoms with Crippen LogP contribution < -0.4 is 0 Å². The van der Waals surface area contributed by atoms with Crippen molar-refractivity contribution in [3.63, 3.8) is 0 Å². The van der Waals surface area contributed by atoms with Crippen LogP contribution in [0, 0.1) is 6.92 Å². The first-order chi connectivity index (χ1) is 10.2. The van der Waals surface area contributed by atoms with Gasteiger partial charge in [0.15, 0.2) is 0 Å². The quantitative estimate of drug-likeness (QED) is 0.611. The summed E-state index contributed by atoms with van der Waals surface area (Å²) in [6, 6.07) is 8.37. The van der Waals surface area contributed by atoms with Crippen molar-refractivity contribution in [1.82, 2.24) is 4.98 Å². The molecule has 0 amide bonds. The lowest BCUT2D eigenvalue weighted by Crippen LogP contribution is -2.18. The van der Waals surface area contributed by atoms with Crippen molar-refractivity contribution in [3.05, 3.63) is 38.6 Å². The number of rotatable bonds is 3. The topological polar surface area (TPSA) is 12.9 Å². The zero-order chi connectivity index (χ0) is 14.8. The molecule has 2 unspecified atom stereocenters. The minimum absolute atomic E-state index is 0.564. The van der Waals surface area contributed by atoms with Crippen LogP contribution in [0.4, 0.5) is 0 Å². The van der Waals surface area contributed by atoms with Crippen LogP contribution in [0.1, 0.15) is 28.5 Å². The summed E-state index contributed by atoms with van der Waals surface area (Å²) in [5, 5.41) is 2.58. The molecular formula is C16H18BrNS3. The summed E-state index contributed by atoms with van der Waals surface area (Å²) in [4.78, 5) is 6.34. The molecule has 1 aromatic carbocycles. The minimum Gasteiger partial charge on any atom is -0.240 e. The molecule has 21 heavy (non-hydrogen) atoms. The molecule has 1 aliphatic heterocycles. The number of nitrogens with zero attached hydrogens (tertiary/aromatic N) is 1. The highest BCUT2D eigenvalue weighted by Crippen LogP contribution is 2.46. The van der Waals surface area contributed by atoms with E-state index in [0.29, 0.717) is 10.5 Å². The highest BCUT2D eigenvalue weighted by molar-refractivity contribution is 9.10. The van der Waals surface area contributed by atoms with E-state index in [9.17, 15) is 0 Å². The second-order valence-corrected chi connectivity index (χ2v) is 9.73. The van der Waals surface area contributed by atoms with Gasteiger partial charge < -0.3 is 0 Å². The number of aryl methyl sites for hydroxylation is 1. The summed E-state index contributed by atoms with van der Waals surface area (Å²) in [5.41, 5.74) is 2.35. The number of hydrogen-bond acceptors (Lipinski definition) is 4. The van der Waals surface area contributed by atoms with Crippen molar-refractivity contribution in [2.24, 2.45) is 0 Å². The van der Waals surface area contributed by atoms with E-state index in [-0.39, 0.29) is 0 Å². The maximum Gasteiger partial charge on any atom is 0.108 e. The number of halogens is 1. The average Bonchev–Trinajstić information content (AvgIpc) is 2.89. The van der Waals surface area contributed by atoms with Gasteiger partial charge in [0.05, 0.1) is 10.9 Å². The van der Waals surface area contributed by atoms with Gasteiger partial charge in [0.25, 0.3) is 0 Å². The first kappa shape index (κ1) is 15.9. The zero-order valence-electron chi connectivity index (χ0n) is 12.1. The van der Waals surface area contributed by atoms with Crippen molar-refractivity contribution < 1.29 is 0 Å². The molecule has 0 radical (unpaired) electrons. The molecule has 0 spiro atoms. The maximum atomic E-state index is 5.02. The fourth-order valence-electron chi connectivity index (χ4n) is 2.57. The first-order valence-electron chi connectivity index (χ1n) is 7.16. The molecule has 112 valence electrons. The van der Waals surface area contributed by atoms with Crippen LogP contribution in [0.2, 0.25) is 0 Å². The molecule has 1 aliphatic rings. The van der Waals surface area contributed by atoms with Gasteiger partial charge in [-0.15, -0.1) is 23.1 Å². The molecule has 0 bridgehead atoms. The Morgan fingerprint density at radius 3 is 2.76 bits per heavy atom. The van der Waals surface area contributed by atoms with Crippen LogP contribution in [-0.2, 0) is 0 Å². The molecule has 5 heteroatoms. The summed E-state index contributed by atoms with van der Waals surface area (Å²) >= 11 is 9.73. The molecular weight excluding hydrogens is 382 g/mol. The molecule has 3 rings (SSSR count).